The minimum absolute atomic E-state index is 0.0725. The molecule has 4 heterocycles. The zero-order valence-corrected chi connectivity index (χ0v) is 20.5. The number of benzene rings is 2. The van der Waals surface area contributed by atoms with Crippen LogP contribution in [0.15, 0.2) is 61.3 Å². The molecule has 0 bridgehead atoms. The highest BCUT2D eigenvalue weighted by Crippen LogP contribution is 2.35. The molecule has 0 atom stereocenters. The zero-order valence-electron chi connectivity index (χ0n) is 19.7. The molecule has 4 aromatic heterocycles. The molecule has 10 nitrogen and oxygen atoms in total. The molecule has 0 spiro atoms. The Morgan fingerprint density at radius 2 is 1.82 bits per heavy atom. The van der Waals surface area contributed by atoms with Crippen LogP contribution < -0.4 is 4.72 Å². The van der Waals surface area contributed by atoms with Crippen LogP contribution >= 0.6 is 0 Å². The first-order valence-corrected chi connectivity index (χ1v) is 13.2. The fourth-order valence-corrected chi connectivity index (χ4v) is 4.71. The lowest BCUT2D eigenvalue weighted by Gasteiger charge is -2.08. The standard InChI is InChI=1S/C25H18F2N8O2S/c1-38(36,37)31-9-13-6-14(8-16(26)7-13)18-4-5-30-24-22(18)32-25(33-24)23-20-19(34-35-23)3-2-17(21(20)27)15-10-28-12-29-11-15/h2-8,10-12,31H,9H2,1H3,(H,34,35)(H,30,32,33). The van der Waals surface area contributed by atoms with Crippen molar-refractivity contribution in [2.45, 2.75) is 6.54 Å². The number of nitrogens with zero attached hydrogens (tertiary/aromatic N) is 5. The summed E-state index contributed by atoms with van der Waals surface area (Å²) in [5, 5.41) is 7.35. The lowest BCUT2D eigenvalue weighted by Crippen LogP contribution is -2.21. The van der Waals surface area contributed by atoms with E-state index in [-0.39, 0.29) is 23.4 Å². The zero-order chi connectivity index (χ0) is 26.4. The van der Waals surface area contributed by atoms with Crippen molar-refractivity contribution in [2.24, 2.45) is 0 Å². The number of rotatable bonds is 6. The molecule has 0 fully saturated rings. The third kappa shape index (κ3) is 4.37. The number of fused-ring (bicyclic) bond motifs is 2. The third-order valence-electron chi connectivity index (χ3n) is 5.95. The first-order chi connectivity index (χ1) is 18.3. The molecule has 0 amide bonds. The van der Waals surface area contributed by atoms with Crippen molar-refractivity contribution in [1.82, 2.24) is 39.8 Å². The van der Waals surface area contributed by atoms with Crippen LogP contribution in [-0.2, 0) is 16.6 Å². The number of nitrogens with one attached hydrogen (secondary N) is 3. The second-order valence-electron chi connectivity index (χ2n) is 8.63. The van der Waals surface area contributed by atoms with E-state index in [2.05, 4.69) is 39.8 Å². The average molecular weight is 533 g/mol. The van der Waals surface area contributed by atoms with Gasteiger partial charge in [-0.05, 0) is 47.5 Å². The summed E-state index contributed by atoms with van der Waals surface area (Å²) in [6.07, 6.45) is 6.98. The van der Waals surface area contributed by atoms with E-state index in [1.807, 2.05) is 0 Å². The van der Waals surface area contributed by atoms with Crippen molar-refractivity contribution < 1.29 is 17.2 Å². The maximum Gasteiger partial charge on any atom is 0.209 e. The van der Waals surface area contributed by atoms with Crippen LogP contribution in [0, 0.1) is 11.6 Å². The van der Waals surface area contributed by atoms with Crippen molar-refractivity contribution in [1.29, 1.82) is 0 Å². The van der Waals surface area contributed by atoms with Gasteiger partial charge in [-0.3, -0.25) is 5.10 Å². The lowest BCUT2D eigenvalue weighted by atomic mass is 10.0. The van der Waals surface area contributed by atoms with Crippen LogP contribution in [0.3, 0.4) is 0 Å². The number of pyridine rings is 1. The molecule has 0 saturated heterocycles. The quantitative estimate of drug-likeness (QED) is 0.295. The molecule has 38 heavy (non-hydrogen) atoms. The molecule has 190 valence electrons. The summed E-state index contributed by atoms with van der Waals surface area (Å²) in [5.41, 5.74) is 3.82. The van der Waals surface area contributed by atoms with E-state index in [4.69, 9.17) is 0 Å². The Hall–Kier alpha value is -4.62. The first-order valence-electron chi connectivity index (χ1n) is 11.3. The van der Waals surface area contributed by atoms with Gasteiger partial charge in [-0.25, -0.2) is 41.9 Å². The van der Waals surface area contributed by atoms with Crippen molar-refractivity contribution >= 4 is 32.1 Å². The Morgan fingerprint density at radius 1 is 1.00 bits per heavy atom. The highest BCUT2D eigenvalue weighted by atomic mass is 32.2. The van der Waals surface area contributed by atoms with Gasteiger partial charge in [0.2, 0.25) is 10.0 Å². The highest BCUT2D eigenvalue weighted by Gasteiger charge is 2.21. The Labute approximate surface area is 214 Å². The molecule has 0 aliphatic carbocycles. The summed E-state index contributed by atoms with van der Waals surface area (Å²) in [7, 11) is -3.46. The fraction of sp³-hybridized carbons (Fsp3) is 0.0800. The summed E-state index contributed by atoms with van der Waals surface area (Å²) < 4.78 is 55.5. The number of H-pyrrole nitrogens is 2. The third-order valence-corrected chi connectivity index (χ3v) is 6.62. The van der Waals surface area contributed by atoms with Crippen molar-refractivity contribution in [2.75, 3.05) is 6.26 Å². The maximum atomic E-state index is 15.7. The number of hydrogen-bond donors (Lipinski definition) is 3. The lowest BCUT2D eigenvalue weighted by molar-refractivity contribution is 0.586. The van der Waals surface area contributed by atoms with E-state index in [1.165, 1.54) is 37.1 Å². The van der Waals surface area contributed by atoms with Crippen molar-refractivity contribution in [3.05, 3.63) is 78.5 Å². The molecule has 0 radical (unpaired) electrons. The van der Waals surface area contributed by atoms with Gasteiger partial charge in [0.1, 0.15) is 29.2 Å². The predicted octanol–water partition coefficient (Wildman–Crippen LogP) is 3.95. The molecular weight excluding hydrogens is 514 g/mol. The molecule has 3 N–H and O–H groups in total. The van der Waals surface area contributed by atoms with Gasteiger partial charge in [-0.15, -0.1) is 0 Å². The number of hydrogen-bond acceptors (Lipinski definition) is 7. The van der Waals surface area contributed by atoms with Gasteiger partial charge in [0, 0.05) is 41.8 Å². The predicted molar refractivity (Wildman–Crippen MR) is 137 cm³/mol. The van der Waals surface area contributed by atoms with Gasteiger partial charge in [0.25, 0.3) is 0 Å². The van der Waals surface area contributed by atoms with Crippen LogP contribution in [0.2, 0.25) is 0 Å². The normalized spacial score (nSPS) is 12.0. The Bertz CT molecular complexity index is 1940. The molecule has 0 aliphatic heterocycles. The van der Waals surface area contributed by atoms with Crippen LogP contribution in [-0.4, -0.2) is 49.8 Å². The van der Waals surface area contributed by atoms with Gasteiger partial charge in [-0.2, -0.15) is 5.10 Å². The number of halogens is 2. The number of imidazole rings is 1. The molecule has 6 aromatic rings. The Balaban J connectivity index is 1.46. The number of aromatic amines is 2. The fourth-order valence-electron chi connectivity index (χ4n) is 4.28. The largest absolute Gasteiger partial charge is 0.321 e. The van der Waals surface area contributed by atoms with Crippen molar-refractivity contribution in [3.8, 4) is 33.8 Å². The van der Waals surface area contributed by atoms with E-state index in [1.54, 1.807) is 24.3 Å². The molecule has 13 heteroatoms. The summed E-state index contributed by atoms with van der Waals surface area (Å²) >= 11 is 0. The maximum absolute atomic E-state index is 15.7. The topological polar surface area (TPSA) is 142 Å². The molecule has 0 aliphatic rings. The number of aromatic nitrogens is 7. The van der Waals surface area contributed by atoms with Gasteiger partial charge in [-0.1, -0.05) is 0 Å². The molecular formula is C25H18F2N8O2S. The van der Waals surface area contributed by atoms with E-state index < -0.39 is 21.7 Å². The highest BCUT2D eigenvalue weighted by molar-refractivity contribution is 7.88. The SMILES string of the molecule is CS(=O)(=O)NCc1cc(F)cc(-c2ccnc3[nH]c(-c4n[nH]c5ccc(-c6cncnc6)c(F)c45)nc23)c1. The first kappa shape index (κ1) is 23.8. The van der Waals surface area contributed by atoms with Crippen LogP contribution in [0.4, 0.5) is 8.78 Å². The summed E-state index contributed by atoms with van der Waals surface area (Å²) in [6, 6.07) is 9.25. The second-order valence-corrected chi connectivity index (χ2v) is 10.5. The van der Waals surface area contributed by atoms with E-state index in [0.29, 0.717) is 44.5 Å². The van der Waals surface area contributed by atoms with Crippen LogP contribution in [0.25, 0.3) is 55.8 Å². The van der Waals surface area contributed by atoms with Gasteiger partial charge in [0.15, 0.2) is 11.5 Å². The van der Waals surface area contributed by atoms with Crippen molar-refractivity contribution in [3.63, 3.8) is 0 Å². The minimum atomic E-state index is -3.46. The monoisotopic (exact) mass is 532 g/mol. The smallest absolute Gasteiger partial charge is 0.209 e. The Kier molecular flexibility index (Phi) is 5.65. The minimum Gasteiger partial charge on any atom is -0.321 e. The summed E-state index contributed by atoms with van der Waals surface area (Å²) in [6.45, 7) is -0.0725. The Morgan fingerprint density at radius 3 is 2.61 bits per heavy atom. The van der Waals surface area contributed by atoms with Crippen LogP contribution in [0.5, 0.6) is 0 Å². The molecule has 6 rings (SSSR count). The summed E-state index contributed by atoms with van der Waals surface area (Å²) in [4.78, 5) is 20.0. The van der Waals surface area contributed by atoms with E-state index in [9.17, 15) is 12.8 Å². The molecule has 2 aromatic carbocycles. The van der Waals surface area contributed by atoms with E-state index in [0.717, 1.165) is 6.26 Å². The number of sulfonamides is 1. The average Bonchev–Trinajstić information content (AvgIpc) is 3.52. The van der Waals surface area contributed by atoms with Gasteiger partial charge in [0.05, 0.1) is 17.2 Å². The molecule has 0 unspecified atom stereocenters. The van der Waals surface area contributed by atoms with E-state index >= 15 is 4.39 Å². The van der Waals surface area contributed by atoms with Gasteiger partial charge < -0.3 is 4.98 Å². The van der Waals surface area contributed by atoms with Crippen LogP contribution in [0.1, 0.15) is 5.56 Å². The van der Waals surface area contributed by atoms with Gasteiger partial charge >= 0.3 is 0 Å². The summed E-state index contributed by atoms with van der Waals surface area (Å²) in [5.74, 6) is -0.781. The second kappa shape index (κ2) is 9.04. The molecule has 0 saturated carbocycles.